The first-order valence-electron chi connectivity index (χ1n) is 7.24. The Kier molecular flexibility index (Phi) is 4.35. The second-order valence-corrected chi connectivity index (χ2v) is 6.14. The van der Waals surface area contributed by atoms with Crippen LogP contribution in [0.3, 0.4) is 0 Å². The number of aromatic hydroxyl groups is 2. The Bertz CT molecular complexity index is 413. The smallest absolute Gasteiger partial charge is 0.119 e. The van der Waals surface area contributed by atoms with Crippen LogP contribution in [0, 0.1) is 11.8 Å². The first kappa shape index (κ1) is 14.2. The lowest BCUT2D eigenvalue weighted by Gasteiger charge is -2.34. The Labute approximate surface area is 115 Å². The van der Waals surface area contributed by atoms with Gasteiger partial charge in [0.1, 0.15) is 11.5 Å². The van der Waals surface area contributed by atoms with Gasteiger partial charge in [0.05, 0.1) is 0 Å². The predicted molar refractivity (Wildman–Crippen MR) is 77.3 cm³/mol. The van der Waals surface area contributed by atoms with Crippen molar-refractivity contribution < 1.29 is 10.2 Å². The zero-order valence-electron chi connectivity index (χ0n) is 12.1. The molecule has 1 aromatic rings. The summed E-state index contributed by atoms with van der Waals surface area (Å²) < 4.78 is 0. The molecule has 0 aliphatic heterocycles. The highest BCUT2D eigenvalue weighted by atomic mass is 16.3. The minimum absolute atomic E-state index is 0.120. The van der Waals surface area contributed by atoms with Gasteiger partial charge in [-0.25, -0.2) is 0 Å². The molecule has 0 bridgehead atoms. The maximum Gasteiger partial charge on any atom is 0.119 e. The van der Waals surface area contributed by atoms with E-state index in [1.807, 2.05) is 0 Å². The van der Waals surface area contributed by atoms with Crippen molar-refractivity contribution in [2.24, 2.45) is 11.8 Å². The SMILES string of the molecule is CC(NC1CCC(C)C(C)C1)c1cc(O)cc(O)c1. The summed E-state index contributed by atoms with van der Waals surface area (Å²) >= 11 is 0. The van der Waals surface area contributed by atoms with Crippen LogP contribution in [0.4, 0.5) is 0 Å². The molecular formula is C16H25NO2. The highest BCUT2D eigenvalue weighted by Crippen LogP contribution is 2.31. The standard InChI is InChI=1S/C16H25NO2/c1-10-4-5-14(6-11(10)2)17-12(3)13-7-15(18)9-16(19)8-13/h7-12,14,17-19H,4-6H2,1-3H3. The zero-order chi connectivity index (χ0) is 14.0. The maximum absolute atomic E-state index is 9.54. The molecule has 0 aromatic heterocycles. The van der Waals surface area contributed by atoms with Gasteiger partial charge in [0.25, 0.3) is 0 Å². The molecule has 4 unspecified atom stereocenters. The van der Waals surface area contributed by atoms with Gasteiger partial charge in [0.2, 0.25) is 0 Å². The number of hydrogen-bond acceptors (Lipinski definition) is 3. The summed E-state index contributed by atoms with van der Waals surface area (Å²) in [5.74, 6) is 1.82. The van der Waals surface area contributed by atoms with Crippen LogP contribution in [0.25, 0.3) is 0 Å². The Morgan fingerprint density at radius 2 is 1.68 bits per heavy atom. The Hall–Kier alpha value is -1.22. The van der Waals surface area contributed by atoms with E-state index in [-0.39, 0.29) is 17.5 Å². The van der Waals surface area contributed by atoms with Gasteiger partial charge in [-0.3, -0.25) is 0 Å². The molecule has 19 heavy (non-hydrogen) atoms. The molecule has 0 saturated heterocycles. The van der Waals surface area contributed by atoms with Crippen molar-refractivity contribution in [3.8, 4) is 11.5 Å². The summed E-state index contributed by atoms with van der Waals surface area (Å²) in [5.41, 5.74) is 0.934. The number of rotatable bonds is 3. The Morgan fingerprint density at radius 3 is 2.26 bits per heavy atom. The van der Waals surface area contributed by atoms with Crippen molar-refractivity contribution in [1.82, 2.24) is 5.32 Å². The molecule has 1 saturated carbocycles. The fraction of sp³-hybridized carbons (Fsp3) is 0.625. The van der Waals surface area contributed by atoms with Gasteiger partial charge in [0.15, 0.2) is 0 Å². The fourth-order valence-corrected chi connectivity index (χ4v) is 3.02. The Balaban J connectivity index is 1.99. The number of nitrogens with one attached hydrogen (secondary N) is 1. The topological polar surface area (TPSA) is 52.5 Å². The molecule has 2 rings (SSSR count). The molecule has 0 amide bonds. The lowest BCUT2D eigenvalue weighted by Crippen LogP contribution is -2.37. The summed E-state index contributed by atoms with van der Waals surface area (Å²) in [6, 6.07) is 5.47. The minimum Gasteiger partial charge on any atom is -0.508 e. The van der Waals surface area contributed by atoms with Crippen LogP contribution < -0.4 is 5.32 Å². The maximum atomic E-state index is 9.54. The van der Waals surface area contributed by atoms with E-state index in [2.05, 4.69) is 26.1 Å². The van der Waals surface area contributed by atoms with Gasteiger partial charge in [-0.1, -0.05) is 13.8 Å². The van der Waals surface area contributed by atoms with Gasteiger partial charge < -0.3 is 15.5 Å². The molecule has 0 spiro atoms. The number of hydrogen-bond donors (Lipinski definition) is 3. The normalized spacial score (nSPS) is 29.1. The monoisotopic (exact) mass is 263 g/mol. The molecule has 4 atom stereocenters. The van der Waals surface area contributed by atoms with Crippen molar-refractivity contribution in [2.45, 2.75) is 52.1 Å². The largest absolute Gasteiger partial charge is 0.508 e. The van der Waals surface area contributed by atoms with E-state index >= 15 is 0 Å². The average molecular weight is 263 g/mol. The molecule has 1 aromatic carbocycles. The molecule has 3 heteroatoms. The number of phenolic OH excluding ortho intramolecular Hbond substituents is 2. The third-order valence-electron chi connectivity index (χ3n) is 4.51. The van der Waals surface area contributed by atoms with Crippen molar-refractivity contribution >= 4 is 0 Å². The van der Waals surface area contributed by atoms with Crippen LogP contribution in [-0.2, 0) is 0 Å². The summed E-state index contributed by atoms with van der Waals surface area (Å²) in [6.45, 7) is 6.73. The van der Waals surface area contributed by atoms with Gasteiger partial charge >= 0.3 is 0 Å². The number of phenols is 2. The van der Waals surface area contributed by atoms with E-state index in [4.69, 9.17) is 0 Å². The second kappa shape index (κ2) is 5.83. The van der Waals surface area contributed by atoms with Crippen LogP contribution in [0.15, 0.2) is 18.2 Å². The second-order valence-electron chi connectivity index (χ2n) is 6.14. The van der Waals surface area contributed by atoms with Crippen molar-refractivity contribution in [1.29, 1.82) is 0 Å². The predicted octanol–water partition coefficient (Wildman–Crippen LogP) is 3.57. The summed E-state index contributed by atoms with van der Waals surface area (Å²) in [6.07, 6.45) is 3.69. The highest BCUT2D eigenvalue weighted by molar-refractivity contribution is 5.37. The lowest BCUT2D eigenvalue weighted by atomic mass is 9.79. The molecule has 1 aliphatic carbocycles. The quantitative estimate of drug-likeness (QED) is 0.781. The van der Waals surface area contributed by atoms with Crippen molar-refractivity contribution in [3.05, 3.63) is 23.8 Å². The molecule has 1 fully saturated rings. The molecule has 3 N–H and O–H groups in total. The highest BCUT2D eigenvalue weighted by Gasteiger charge is 2.25. The molecule has 3 nitrogen and oxygen atoms in total. The van der Waals surface area contributed by atoms with Crippen LogP contribution in [0.1, 0.15) is 51.6 Å². The molecule has 106 valence electrons. The molecule has 1 aliphatic rings. The first-order chi connectivity index (χ1) is 8.95. The zero-order valence-corrected chi connectivity index (χ0v) is 12.1. The fourth-order valence-electron chi connectivity index (χ4n) is 3.02. The van der Waals surface area contributed by atoms with Gasteiger partial charge in [-0.15, -0.1) is 0 Å². The van der Waals surface area contributed by atoms with Crippen LogP contribution in [0.2, 0.25) is 0 Å². The van der Waals surface area contributed by atoms with Gasteiger partial charge in [-0.2, -0.15) is 0 Å². The molecule has 0 radical (unpaired) electrons. The number of benzene rings is 1. The molecule has 0 heterocycles. The molecular weight excluding hydrogens is 238 g/mol. The van der Waals surface area contributed by atoms with E-state index in [0.717, 1.165) is 17.4 Å². The van der Waals surface area contributed by atoms with E-state index < -0.39 is 0 Å². The van der Waals surface area contributed by atoms with Crippen LogP contribution in [0.5, 0.6) is 11.5 Å². The summed E-state index contributed by atoms with van der Waals surface area (Å²) in [7, 11) is 0. The van der Waals surface area contributed by atoms with E-state index in [9.17, 15) is 10.2 Å². The third kappa shape index (κ3) is 3.63. The van der Waals surface area contributed by atoms with Crippen LogP contribution >= 0.6 is 0 Å². The van der Waals surface area contributed by atoms with E-state index in [0.29, 0.717) is 6.04 Å². The summed E-state index contributed by atoms with van der Waals surface area (Å²) in [5, 5.41) is 22.7. The van der Waals surface area contributed by atoms with E-state index in [1.165, 1.54) is 25.3 Å². The first-order valence-corrected chi connectivity index (χ1v) is 7.24. The Morgan fingerprint density at radius 1 is 1.05 bits per heavy atom. The van der Waals surface area contributed by atoms with Crippen molar-refractivity contribution in [2.75, 3.05) is 0 Å². The van der Waals surface area contributed by atoms with Gasteiger partial charge in [-0.05, 0) is 55.7 Å². The van der Waals surface area contributed by atoms with Crippen molar-refractivity contribution in [3.63, 3.8) is 0 Å². The summed E-state index contributed by atoms with van der Waals surface area (Å²) in [4.78, 5) is 0. The minimum atomic E-state index is 0.120. The van der Waals surface area contributed by atoms with Gasteiger partial charge in [0, 0.05) is 18.2 Å². The van der Waals surface area contributed by atoms with E-state index in [1.54, 1.807) is 12.1 Å². The lowest BCUT2D eigenvalue weighted by molar-refractivity contribution is 0.217. The third-order valence-corrected chi connectivity index (χ3v) is 4.51. The van der Waals surface area contributed by atoms with Crippen LogP contribution in [-0.4, -0.2) is 16.3 Å². The average Bonchev–Trinajstić information content (AvgIpc) is 2.32.